The van der Waals surface area contributed by atoms with E-state index in [4.69, 9.17) is 9.84 Å². The number of hydrogen-bond acceptors (Lipinski definition) is 2. The number of benzene rings is 3. The standard InChI is InChI=1S/C22H19NO3/c1-15-7-5-10-17-21(15)22-18(11-6-12-19(22)26-14-20(24)25)23(17)13-16-8-3-2-4-9-16/h2-12H,13-14H2,1H3,(H,24,25). The first-order valence-corrected chi connectivity index (χ1v) is 8.54. The highest BCUT2D eigenvalue weighted by molar-refractivity contribution is 6.12. The van der Waals surface area contributed by atoms with Crippen LogP contribution in [0.4, 0.5) is 0 Å². The second kappa shape index (κ2) is 6.56. The Bertz CT molecular complexity index is 1100. The molecule has 1 aromatic heterocycles. The molecule has 26 heavy (non-hydrogen) atoms. The Labute approximate surface area is 151 Å². The summed E-state index contributed by atoms with van der Waals surface area (Å²) < 4.78 is 7.86. The van der Waals surface area contributed by atoms with Crippen LogP contribution in [0.1, 0.15) is 11.1 Å². The summed E-state index contributed by atoms with van der Waals surface area (Å²) in [5, 5.41) is 11.1. The summed E-state index contributed by atoms with van der Waals surface area (Å²) in [4.78, 5) is 11.0. The maximum atomic E-state index is 11.0. The van der Waals surface area contributed by atoms with Gasteiger partial charge >= 0.3 is 5.97 Å². The van der Waals surface area contributed by atoms with Gasteiger partial charge in [0.2, 0.25) is 0 Å². The van der Waals surface area contributed by atoms with E-state index in [9.17, 15) is 4.79 Å². The van der Waals surface area contributed by atoms with Crippen LogP contribution in [0.3, 0.4) is 0 Å². The van der Waals surface area contributed by atoms with Gasteiger partial charge < -0.3 is 14.4 Å². The second-order valence-corrected chi connectivity index (χ2v) is 6.37. The quantitative estimate of drug-likeness (QED) is 0.574. The number of carbonyl (C=O) groups is 1. The van der Waals surface area contributed by atoms with Crippen molar-refractivity contribution in [3.63, 3.8) is 0 Å². The Morgan fingerprint density at radius 2 is 1.62 bits per heavy atom. The van der Waals surface area contributed by atoms with Crippen molar-refractivity contribution in [2.45, 2.75) is 13.5 Å². The van der Waals surface area contributed by atoms with E-state index in [1.807, 2.05) is 30.3 Å². The molecule has 0 saturated heterocycles. The van der Waals surface area contributed by atoms with Gasteiger partial charge in [-0.25, -0.2) is 4.79 Å². The molecule has 0 aliphatic heterocycles. The molecule has 130 valence electrons. The highest BCUT2D eigenvalue weighted by Gasteiger charge is 2.16. The van der Waals surface area contributed by atoms with Gasteiger partial charge in [-0.05, 0) is 36.2 Å². The van der Waals surface area contributed by atoms with Gasteiger partial charge in [0.1, 0.15) is 5.75 Å². The third kappa shape index (κ3) is 2.80. The van der Waals surface area contributed by atoms with Gasteiger partial charge in [-0.15, -0.1) is 0 Å². The van der Waals surface area contributed by atoms with E-state index >= 15 is 0 Å². The van der Waals surface area contributed by atoms with Crippen molar-refractivity contribution in [2.24, 2.45) is 0 Å². The van der Waals surface area contributed by atoms with E-state index in [0.29, 0.717) is 5.75 Å². The lowest BCUT2D eigenvalue weighted by Gasteiger charge is -2.09. The van der Waals surface area contributed by atoms with Crippen LogP contribution >= 0.6 is 0 Å². The van der Waals surface area contributed by atoms with Gasteiger partial charge in [0.25, 0.3) is 0 Å². The molecule has 0 radical (unpaired) electrons. The van der Waals surface area contributed by atoms with E-state index in [-0.39, 0.29) is 6.61 Å². The zero-order valence-electron chi connectivity index (χ0n) is 14.5. The maximum Gasteiger partial charge on any atom is 0.341 e. The molecule has 0 atom stereocenters. The Kier molecular flexibility index (Phi) is 4.09. The molecule has 1 heterocycles. The molecule has 4 nitrogen and oxygen atoms in total. The van der Waals surface area contributed by atoms with Crippen molar-refractivity contribution >= 4 is 27.8 Å². The van der Waals surface area contributed by atoms with Gasteiger partial charge in [-0.1, -0.05) is 48.5 Å². The van der Waals surface area contributed by atoms with Crippen molar-refractivity contribution in [1.82, 2.24) is 4.57 Å². The van der Waals surface area contributed by atoms with Gasteiger partial charge in [0, 0.05) is 22.8 Å². The molecule has 0 fully saturated rings. The van der Waals surface area contributed by atoms with Crippen LogP contribution in [0.5, 0.6) is 5.75 Å². The normalized spacial score (nSPS) is 11.1. The summed E-state index contributed by atoms with van der Waals surface area (Å²) in [6.45, 7) is 2.46. The topological polar surface area (TPSA) is 51.5 Å². The SMILES string of the molecule is Cc1cccc2c1c1c(OCC(=O)O)cccc1n2Cc1ccccc1. The highest BCUT2D eigenvalue weighted by atomic mass is 16.5. The molecule has 3 aromatic carbocycles. The zero-order chi connectivity index (χ0) is 18.1. The van der Waals surface area contributed by atoms with Crippen molar-refractivity contribution < 1.29 is 14.6 Å². The number of carboxylic acid groups (broad SMARTS) is 1. The number of fused-ring (bicyclic) bond motifs is 3. The molecule has 4 rings (SSSR count). The molecule has 0 aliphatic carbocycles. The number of nitrogens with zero attached hydrogens (tertiary/aromatic N) is 1. The largest absolute Gasteiger partial charge is 0.481 e. The summed E-state index contributed by atoms with van der Waals surface area (Å²) in [7, 11) is 0. The van der Waals surface area contributed by atoms with Crippen LogP contribution in [0.2, 0.25) is 0 Å². The number of ether oxygens (including phenoxy) is 1. The minimum absolute atomic E-state index is 0.351. The number of hydrogen-bond donors (Lipinski definition) is 1. The molecule has 0 saturated carbocycles. The molecule has 0 spiro atoms. The van der Waals surface area contributed by atoms with Crippen LogP contribution in [0, 0.1) is 6.92 Å². The second-order valence-electron chi connectivity index (χ2n) is 6.37. The van der Waals surface area contributed by atoms with Gasteiger partial charge in [-0.3, -0.25) is 0 Å². The molecule has 4 aromatic rings. The van der Waals surface area contributed by atoms with Gasteiger partial charge in [-0.2, -0.15) is 0 Å². The van der Waals surface area contributed by atoms with Crippen LogP contribution in [-0.4, -0.2) is 22.2 Å². The first kappa shape index (κ1) is 16.2. The fraction of sp³-hybridized carbons (Fsp3) is 0.136. The number of aliphatic carboxylic acids is 1. The molecule has 0 amide bonds. The lowest BCUT2D eigenvalue weighted by atomic mass is 10.1. The van der Waals surface area contributed by atoms with Crippen LogP contribution in [0.15, 0.2) is 66.7 Å². The van der Waals surface area contributed by atoms with Crippen molar-refractivity contribution in [1.29, 1.82) is 0 Å². The summed E-state index contributed by atoms with van der Waals surface area (Å²) in [6.07, 6.45) is 0. The maximum absolute atomic E-state index is 11.0. The summed E-state index contributed by atoms with van der Waals surface area (Å²) >= 11 is 0. The fourth-order valence-electron chi connectivity index (χ4n) is 3.52. The molecule has 0 aliphatic rings. The zero-order valence-corrected chi connectivity index (χ0v) is 14.5. The number of aryl methyl sites for hydroxylation is 1. The Balaban J connectivity index is 1.97. The van der Waals surface area contributed by atoms with E-state index < -0.39 is 5.97 Å². The minimum Gasteiger partial charge on any atom is -0.481 e. The molecule has 0 unspecified atom stereocenters. The Morgan fingerprint density at radius 1 is 0.923 bits per heavy atom. The van der Waals surface area contributed by atoms with E-state index in [2.05, 4.69) is 47.9 Å². The number of carboxylic acids is 1. The first-order chi connectivity index (χ1) is 12.6. The summed E-state index contributed by atoms with van der Waals surface area (Å²) in [5.74, 6) is -0.372. The predicted octanol–water partition coefficient (Wildman–Crippen LogP) is 4.61. The van der Waals surface area contributed by atoms with Crippen molar-refractivity contribution in [3.05, 3.63) is 77.9 Å². The van der Waals surface area contributed by atoms with Crippen molar-refractivity contribution in [3.8, 4) is 5.75 Å². The number of aromatic nitrogens is 1. The predicted molar refractivity (Wildman–Crippen MR) is 103 cm³/mol. The molecular formula is C22H19NO3. The highest BCUT2D eigenvalue weighted by Crippen LogP contribution is 2.37. The third-order valence-electron chi connectivity index (χ3n) is 4.62. The van der Waals surface area contributed by atoms with E-state index in [0.717, 1.165) is 33.9 Å². The Hall–Kier alpha value is -3.27. The average molecular weight is 345 g/mol. The van der Waals surface area contributed by atoms with Crippen LogP contribution in [-0.2, 0) is 11.3 Å². The molecule has 1 N–H and O–H groups in total. The first-order valence-electron chi connectivity index (χ1n) is 8.54. The van der Waals surface area contributed by atoms with Gasteiger partial charge in [0.05, 0.1) is 5.52 Å². The summed E-state index contributed by atoms with van der Waals surface area (Å²) in [6, 6.07) is 22.3. The Morgan fingerprint density at radius 3 is 2.35 bits per heavy atom. The van der Waals surface area contributed by atoms with Crippen LogP contribution < -0.4 is 4.74 Å². The molecule has 4 heteroatoms. The smallest absolute Gasteiger partial charge is 0.341 e. The monoisotopic (exact) mass is 345 g/mol. The molecular weight excluding hydrogens is 326 g/mol. The summed E-state index contributed by atoms with van der Waals surface area (Å²) in [5.41, 5.74) is 4.52. The average Bonchev–Trinajstić information content (AvgIpc) is 2.96. The van der Waals surface area contributed by atoms with Gasteiger partial charge in [0.15, 0.2) is 6.61 Å². The fourth-order valence-corrected chi connectivity index (χ4v) is 3.52. The third-order valence-corrected chi connectivity index (χ3v) is 4.62. The molecule has 0 bridgehead atoms. The lowest BCUT2D eigenvalue weighted by Crippen LogP contribution is -2.09. The lowest BCUT2D eigenvalue weighted by molar-refractivity contribution is -0.139. The van der Waals surface area contributed by atoms with Crippen molar-refractivity contribution in [2.75, 3.05) is 6.61 Å². The van der Waals surface area contributed by atoms with E-state index in [1.165, 1.54) is 5.56 Å². The van der Waals surface area contributed by atoms with Crippen LogP contribution in [0.25, 0.3) is 21.8 Å². The minimum atomic E-state index is -0.980. The van der Waals surface area contributed by atoms with E-state index in [1.54, 1.807) is 0 Å². The number of rotatable bonds is 5.